The van der Waals surface area contributed by atoms with Crippen molar-refractivity contribution in [3.8, 4) is 5.88 Å². The maximum absolute atomic E-state index is 10.5. The fraction of sp³-hybridized carbons (Fsp3) is 0.375. The molecule has 0 fully saturated rings. The van der Waals surface area contributed by atoms with Crippen molar-refractivity contribution in [2.45, 2.75) is 12.2 Å². The van der Waals surface area contributed by atoms with Gasteiger partial charge >= 0.3 is 5.97 Å². The van der Waals surface area contributed by atoms with Crippen LogP contribution in [0.4, 0.5) is 0 Å². The van der Waals surface area contributed by atoms with E-state index >= 15 is 0 Å². The highest BCUT2D eigenvalue weighted by atomic mass is 35.5. The van der Waals surface area contributed by atoms with E-state index in [2.05, 4.69) is 9.97 Å². The van der Waals surface area contributed by atoms with Gasteiger partial charge in [-0.25, -0.2) is 9.78 Å². The van der Waals surface area contributed by atoms with E-state index in [-0.39, 0.29) is 16.7 Å². The summed E-state index contributed by atoms with van der Waals surface area (Å²) in [6, 6.07) is 0. The van der Waals surface area contributed by atoms with Gasteiger partial charge in [-0.15, -0.1) is 0 Å². The van der Waals surface area contributed by atoms with E-state index in [1.807, 2.05) is 0 Å². The Morgan fingerprint density at radius 2 is 2.19 bits per heavy atom. The predicted octanol–water partition coefficient (Wildman–Crippen LogP) is -0.383. The van der Waals surface area contributed by atoms with E-state index in [9.17, 15) is 9.90 Å². The number of aliphatic carboxylic acids is 1. The first-order valence-electron chi connectivity index (χ1n) is 4.12. The van der Waals surface area contributed by atoms with Crippen molar-refractivity contribution in [2.75, 3.05) is 7.11 Å². The van der Waals surface area contributed by atoms with Crippen molar-refractivity contribution in [1.29, 1.82) is 0 Å². The second-order valence-electron chi connectivity index (χ2n) is 2.83. The average Bonchev–Trinajstić information content (AvgIpc) is 2.26. The molecule has 0 amide bonds. The summed E-state index contributed by atoms with van der Waals surface area (Å²) < 4.78 is 4.78. The van der Waals surface area contributed by atoms with Gasteiger partial charge in [-0.2, -0.15) is 4.98 Å². The van der Waals surface area contributed by atoms with Crippen LogP contribution >= 0.6 is 11.6 Å². The molecule has 2 unspecified atom stereocenters. The summed E-state index contributed by atoms with van der Waals surface area (Å²) in [5, 5.41) is 27.1. The summed E-state index contributed by atoms with van der Waals surface area (Å²) in [7, 11) is 1.27. The lowest BCUT2D eigenvalue weighted by Crippen LogP contribution is -2.28. The molecule has 0 saturated heterocycles. The SMILES string of the molecule is COc1nc(Cl)ncc1C(O)C(O)C(=O)O. The molecule has 7 nitrogen and oxygen atoms in total. The Labute approximate surface area is 95.3 Å². The van der Waals surface area contributed by atoms with Crippen molar-refractivity contribution in [3.63, 3.8) is 0 Å². The van der Waals surface area contributed by atoms with Gasteiger partial charge in [-0.05, 0) is 11.6 Å². The Balaban J connectivity index is 3.07. The number of aliphatic hydroxyl groups is 2. The number of methoxy groups -OCH3 is 1. The standard InChI is InChI=1S/C8H9ClN2O5/c1-16-6-3(2-10-8(9)11-6)4(12)5(13)7(14)15/h2,4-5,12-13H,1H3,(H,14,15). The number of rotatable bonds is 4. The summed E-state index contributed by atoms with van der Waals surface area (Å²) in [5.74, 6) is -1.66. The maximum Gasteiger partial charge on any atom is 0.335 e. The van der Waals surface area contributed by atoms with Crippen molar-refractivity contribution < 1.29 is 24.9 Å². The molecule has 0 aliphatic heterocycles. The molecule has 1 aromatic heterocycles. The second-order valence-corrected chi connectivity index (χ2v) is 3.17. The minimum Gasteiger partial charge on any atom is -0.481 e. The third-order valence-electron chi connectivity index (χ3n) is 1.81. The topological polar surface area (TPSA) is 113 Å². The van der Waals surface area contributed by atoms with Gasteiger partial charge in [0.2, 0.25) is 11.2 Å². The largest absolute Gasteiger partial charge is 0.481 e. The number of hydrogen-bond acceptors (Lipinski definition) is 6. The molecule has 0 bridgehead atoms. The van der Waals surface area contributed by atoms with Gasteiger partial charge in [0.1, 0.15) is 6.10 Å². The van der Waals surface area contributed by atoms with Crippen LogP contribution < -0.4 is 4.74 Å². The van der Waals surface area contributed by atoms with Gasteiger partial charge in [-0.3, -0.25) is 0 Å². The van der Waals surface area contributed by atoms with Gasteiger partial charge in [0.15, 0.2) is 6.10 Å². The van der Waals surface area contributed by atoms with E-state index in [1.54, 1.807) is 0 Å². The average molecular weight is 249 g/mol. The van der Waals surface area contributed by atoms with Crippen LogP contribution in [0.15, 0.2) is 6.20 Å². The number of ether oxygens (including phenoxy) is 1. The summed E-state index contributed by atoms with van der Waals surface area (Å²) in [6.07, 6.45) is -2.59. The molecule has 0 aliphatic carbocycles. The van der Waals surface area contributed by atoms with Crippen LogP contribution in [0.3, 0.4) is 0 Å². The van der Waals surface area contributed by atoms with Crippen LogP contribution in [0.25, 0.3) is 0 Å². The molecule has 1 rings (SSSR count). The number of carbonyl (C=O) groups is 1. The number of aromatic nitrogens is 2. The molecular formula is C8H9ClN2O5. The molecule has 2 atom stereocenters. The Morgan fingerprint density at radius 1 is 1.56 bits per heavy atom. The molecule has 0 spiro atoms. The number of halogens is 1. The summed E-state index contributed by atoms with van der Waals surface area (Å²) in [5.41, 5.74) is -0.0539. The number of carboxylic acids is 1. The molecule has 8 heteroatoms. The molecular weight excluding hydrogens is 240 g/mol. The summed E-state index contributed by atoms with van der Waals surface area (Å²) >= 11 is 5.48. The Bertz CT molecular complexity index is 400. The summed E-state index contributed by atoms with van der Waals surface area (Å²) in [4.78, 5) is 17.6. The Kier molecular flexibility index (Phi) is 3.99. The molecule has 0 aliphatic rings. The molecule has 0 saturated carbocycles. The molecule has 1 heterocycles. The van der Waals surface area contributed by atoms with Crippen LogP contribution in [0, 0.1) is 0 Å². The highest BCUT2D eigenvalue weighted by molar-refractivity contribution is 6.28. The quantitative estimate of drug-likeness (QED) is 0.622. The minimum absolute atomic E-state index is 0.0539. The monoisotopic (exact) mass is 248 g/mol. The third-order valence-corrected chi connectivity index (χ3v) is 2.00. The molecule has 0 radical (unpaired) electrons. The van der Waals surface area contributed by atoms with Crippen LogP contribution in [0.1, 0.15) is 11.7 Å². The van der Waals surface area contributed by atoms with Crippen LogP contribution in [-0.4, -0.2) is 44.5 Å². The van der Waals surface area contributed by atoms with Crippen molar-refractivity contribution in [1.82, 2.24) is 9.97 Å². The molecule has 88 valence electrons. The van der Waals surface area contributed by atoms with E-state index in [1.165, 1.54) is 7.11 Å². The van der Waals surface area contributed by atoms with Crippen molar-refractivity contribution in [2.24, 2.45) is 0 Å². The predicted molar refractivity (Wildman–Crippen MR) is 52.2 cm³/mol. The van der Waals surface area contributed by atoms with E-state index in [0.717, 1.165) is 6.20 Å². The fourth-order valence-corrected chi connectivity index (χ4v) is 1.15. The highest BCUT2D eigenvalue weighted by Crippen LogP contribution is 2.25. The van der Waals surface area contributed by atoms with Gasteiger partial charge in [0.25, 0.3) is 0 Å². The van der Waals surface area contributed by atoms with Gasteiger partial charge < -0.3 is 20.1 Å². The number of nitrogens with zero attached hydrogens (tertiary/aromatic N) is 2. The minimum atomic E-state index is -1.99. The van der Waals surface area contributed by atoms with Gasteiger partial charge in [0, 0.05) is 6.20 Å². The lowest BCUT2D eigenvalue weighted by atomic mass is 10.1. The highest BCUT2D eigenvalue weighted by Gasteiger charge is 2.28. The first-order valence-corrected chi connectivity index (χ1v) is 4.50. The van der Waals surface area contributed by atoms with E-state index < -0.39 is 18.2 Å². The smallest absolute Gasteiger partial charge is 0.335 e. The van der Waals surface area contributed by atoms with Crippen molar-refractivity contribution in [3.05, 3.63) is 17.0 Å². The maximum atomic E-state index is 10.5. The first kappa shape index (κ1) is 12.6. The van der Waals surface area contributed by atoms with Gasteiger partial charge in [0.05, 0.1) is 12.7 Å². The zero-order valence-electron chi connectivity index (χ0n) is 8.16. The molecule has 1 aromatic rings. The summed E-state index contributed by atoms with van der Waals surface area (Å²) in [6.45, 7) is 0. The Hall–Kier alpha value is -1.44. The lowest BCUT2D eigenvalue weighted by molar-refractivity contribution is -0.153. The van der Waals surface area contributed by atoms with Crippen molar-refractivity contribution >= 4 is 17.6 Å². The van der Waals surface area contributed by atoms with Crippen LogP contribution in [-0.2, 0) is 4.79 Å². The number of hydrogen-bond donors (Lipinski definition) is 3. The molecule has 3 N–H and O–H groups in total. The van der Waals surface area contributed by atoms with E-state index in [0.29, 0.717) is 0 Å². The normalized spacial score (nSPS) is 14.2. The fourth-order valence-electron chi connectivity index (χ4n) is 1.03. The van der Waals surface area contributed by atoms with Gasteiger partial charge in [-0.1, -0.05) is 0 Å². The Morgan fingerprint density at radius 3 is 2.69 bits per heavy atom. The van der Waals surface area contributed by atoms with Crippen LogP contribution in [0.5, 0.6) is 5.88 Å². The first-order chi connectivity index (χ1) is 7.47. The zero-order chi connectivity index (χ0) is 12.3. The zero-order valence-corrected chi connectivity index (χ0v) is 8.92. The lowest BCUT2D eigenvalue weighted by Gasteiger charge is -2.15. The second kappa shape index (κ2) is 5.06. The van der Waals surface area contributed by atoms with E-state index in [4.69, 9.17) is 26.6 Å². The number of carboxylic acid groups (broad SMARTS) is 1. The number of aliphatic hydroxyl groups excluding tert-OH is 2. The third kappa shape index (κ3) is 2.57. The van der Waals surface area contributed by atoms with Crippen LogP contribution in [0.2, 0.25) is 5.28 Å². The molecule has 0 aromatic carbocycles. The molecule has 16 heavy (non-hydrogen) atoms.